The summed E-state index contributed by atoms with van der Waals surface area (Å²) in [6, 6.07) is 2.85. The number of pyridine rings is 1. The molecule has 1 N–H and O–H groups in total. The molecule has 0 atom stereocenters. The van der Waals surface area contributed by atoms with Gasteiger partial charge in [0.05, 0.1) is 11.0 Å². The van der Waals surface area contributed by atoms with Crippen LogP contribution in [0.25, 0.3) is 0 Å². The average Bonchev–Trinajstić information content (AvgIpc) is 2.83. The summed E-state index contributed by atoms with van der Waals surface area (Å²) in [5.74, 6) is 0.583. The number of nitrogens with zero attached hydrogens (tertiary/aromatic N) is 2. The molecule has 5 heteroatoms. The molecule has 0 spiro atoms. The molecule has 0 aliphatic heterocycles. The van der Waals surface area contributed by atoms with E-state index in [1.807, 2.05) is 0 Å². The summed E-state index contributed by atoms with van der Waals surface area (Å²) < 4.78 is 0. The summed E-state index contributed by atoms with van der Waals surface area (Å²) in [5, 5.41) is 13.7. The smallest absolute Gasteiger partial charge is 0.274 e. The Morgan fingerprint density at radius 3 is 2.93 bits per heavy atom. The summed E-state index contributed by atoms with van der Waals surface area (Å²) in [6.07, 6.45) is 3.64. The number of nitro groups is 1. The monoisotopic (exact) mass is 193 g/mol. The molecule has 1 aromatic rings. The Morgan fingerprint density at radius 2 is 2.36 bits per heavy atom. The minimum Gasteiger partial charge on any atom is -0.365 e. The Balaban J connectivity index is 2.17. The van der Waals surface area contributed by atoms with E-state index in [1.54, 1.807) is 0 Å². The van der Waals surface area contributed by atoms with Gasteiger partial charge in [-0.2, -0.15) is 0 Å². The molecular weight excluding hydrogens is 182 g/mol. The van der Waals surface area contributed by atoms with E-state index >= 15 is 0 Å². The van der Waals surface area contributed by atoms with Gasteiger partial charge in [0.1, 0.15) is 5.82 Å². The second-order valence-corrected chi connectivity index (χ2v) is 3.84. The molecule has 0 unspecified atom stereocenters. The zero-order valence-electron chi connectivity index (χ0n) is 7.86. The third-order valence-electron chi connectivity index (χ3n) is 2.38. The number of hydrogen-bond donors (Lipinski definition) is 1. The van der Waals surface area contributed by atoms with Crippen LogP contribution in [-0.4, -0.2) is 15.4 Å². The summed E-state index contributed by atoms with van der Waals surface area (Å²) in [6.45, 7) is 2.08. The quantitative estimate of drug-likeness (QED) is 0.588. The highest BCUT2D eigenvalue weighted by atomic mass is 16.6. The van der Waals surface area contributed by atoms with E-state index in [-0.39, 0.29) is 11.2 Å². The summed E-state index contributed by atoms with van der Waals surface area (Å²) in [5.41, 5.74) is 0.175. The van der Waals surface area contributed by atoms with Gasteiger partial charge < -0.3 is 5.32 Å². The highest BCUT2D eigenvalue weighted by molar-refractivity contribution is 5.47. The van der Waals surface area contributed by atoms with E-state index in [0.29, 0.717) is 5.82 Å². The van der Waals surface area contributed by atoms with Gasteiger partial charge in [-0.1, -0.05) is 0 Å². The standard InChI is InChI=1S/C9H11N3O2/c1-9(3-4-9)11-8-6-7(12(13)14)2-5-10-8/h2,5-6H,3-4H2,1H3,(H,10,11). The predicted molar refractivity (Wildman–Crippen MR) is 52.2 cm³/mol. The Morgan fingerprint density at radius 1 is 1.64 bits per heavy atom. The van der Waals surface area contributed by atoms with Gasteiger partial charge in [0.2, 0.25) is 0 Å². The minimum absolute atomic E-state index is 0.0757. The topological polar surface area (TPSA) is 68.1 Å². The third kappa shape index (κ3) is 1.81. The first-order valence-corrected chi connectivity index (χ1v) is 4.48. The maximum atomic E-state index is 10.5. The van der Waals surface area contributed by atoms with Gasteiger partial charge in [0.15, 0.2) is 0 Å². The van der Waals surface area contributed by atoms with Gasteiger partial charge in [-0.05, 0) is 19.8 Å². The normalized spacial score (nSPS) is 17.5. The number of nitrogens with one attached hydrogen (secondary N) is 1. The van der Waals surface area contributed by atoms with E-state index in [2.05, 4.69) is 17.2 Å². The van der Waals surface area contributed by atoms with Crippen molar-refractivity contribution < 1.29 is 4.92 Å². The fourth-order valence-electron chi connectivity index (χ4n) is 1.22. The molecule has 1 aliphatic rings. The van der Waals surface area contributed by atoms with Crippen molar-refractivity contribution in [2.75, 3.05) is 5.32 Å². The Bertz CT molecular complexity index is 374. The molecule has 1 saturated carbocycles. The van der Waals surface area contributed by atoms with Crippen LogP contribution in [-0.2, 0) is 0 Å². The molecule has 1 heterocycles. The van der Waals surface area contributed by atoms with Gasteiger partial charge >= 0.3 is 0 Å². The number of rotatable bonds is 3. The Labute approximate surface area is 81.3 Å². The van der Waals surface area contributed by atoms with Crippen LogP contribution >= 0.6 is 0 Å². The van der Waals surface area contributed by atoms with Crippen molar-refractivity contribution in [1.82, 2.24) is 4.98 Å². The number of aromatic nitrogens is 1. The molecule has 0 aromatic carbocycles. The number of hydrogen-bond acceptors (Lipinski definition) is 4. The largest absolute Gasteiger partial charge is 0.365 e. The van der Waals surface area contributed by atoms with Crippen molar-refractivity contribution in [3.63, 3.8) is 0 Å². The SMILES string of the molecule is CC1(Nc2cc([N+](=O)[O-])ccn2)CC1. The molecular formula is C9H11N3O2. The Kier molecular flexibility index (Phi) is 1.87. The molecule has 1 aromatic heterocycles. The van der Waals surface area contributed by atoms with Crippen LogP contribution < -0.4 is 5.32 Å². The second kappa shape index (κ2) is 2.94. The van der Waals surface area contributed by atoms with Crippen LogP contribution in [0.1, 0.15) is 19.8 Å². The lowest BCUT2D eigenvalue weighted by molar-refractivity contribution is -0.384. The fourth-order valence-corrected chi connectivity index (χ4v) is 1.22. The average molecular weight is 193 g/mol. The van der Waals surface area contributed by atoms with Crippen LogP contribution in [0.3, 0.4) is 0 Å². The zero-order valence-corrected chi connectivity index (χ0v) is 7.86. The lowest BCUT2D eigenvalue weighted by Crippen LogP contribution is -2.16. The van der Waals surface area contributed by atoms with Gasteiger partial charge in [-0.25, -0.2) is 4.98 Å². The van der Waals surface area contributed by atoms with Crippen molar-refractivity contribution in [3.05, 3.63) is 28.4 Å². The van der Waals surface area contributed by atoms with Gasteiger partial charge in [0, 0.05) is 17.8 Å². The highest BCUT2D eigenvalue weighted by Gasteiger charge is 2.37. The maximum Gasteiger partial charge on any atom is 0.274 e. The van der Waals surface area contributed by atoms with Crippen LogP contribution in [0.4, 0.5) is 11.5 Å². The first-order valence-electron chi connectivity index (χ1n) is 4.48. The molecule has 5 nitrogen and oxygen atoms in total. The highest BCUT2D eigenvalue weighted by Crippen LogP contribution is 2.37. The lowest BCUT2D eigenvalue weighted by atomic mass is 10.3. The predicted octanol–water partition coefficient (Wildman–Crippen LogP) is 1.95. The van der Waals surface area contributed by atoms with Crippen molar-refractivity contribution in [2.45, 2.75) is 25.3 Å². The number of anilines is 1. The summed E-state index contributed by atoms with van der Waals surface area (Å²) in [4.78, 5) is 14.1. The van der Waals surface area contributed by atoms with Crippen LogP contribution in [0, 0.1) is 10.1 Å². The van der Waals surface area contributed by atoms with E-state index in [1.165, 1.54) is 18.3 Å². The molecule has 74 valence electrons. The lowest BCUT2D eigenvalue weighted by Gasteiger charge is -2.10. The van der Waals surface area contributed by atoms with Crippen molar-refractivity contribution in [3.8, 4) is 0 Å². The summed E-state index contributed by atoms with van der Waals surface area (Å²) >= 11 is 0. The molecule has 2 rings (SSSR count). The Hall–Kier alpha value is -1.65. The van der Waals surface area contributed by atoms with Crippen LogP contribution in [0.2, 0.25) is 0 Å². The fraction of sp³-hybridized carbons (Fsp3) is 0.444. The zero-order chi connectivity index (χ0) is 10.2. The third-order valence-corrected chi connectivity index (χ3v) is 2.38. The molecule has 1 fully saturated rings. The van der Waals surface area contributed by atoms with Crippen LogP contribution in [0.15, 0.2) is 18.3 Å². The maximum absolute atomic E-state index is 10.5. The second-order valence-electron chi connectivity index (χ2n) is 3.84. The van der Waals surface area contributed by atoms with Crippen LogP contribution in [0.5, 0.6) is 0 Å². The van der Waals surface area contributed by atoms with E-state index in [0.717, 1.165) is 12.8 Å². The molecule has 1 aliphatic carbocycles. The minimum atomic E-state index is -0.415. The molecule has 0 amide bonds. The van der Waals surface area contributed by atoms with E-state index in [9.17, 15) is 10.1 Å². The molecule has 14 heavy (non-hydrogen) atoms. The first kappa shape index (κ1) is 8.93. The van der Waals surface area contributed by atoms with Crippen molar-refractivity contribution in [1.29, 1.82) is 0 Å². The molecule has 0 radical (unpaired) electrons. The summed E-state index contributed by atoms with van der Waals surface area (Å²) in [7, 11) is 0. The van der Waals surface area contributed by atoms with Crippen molar-refractivity contribution >= 4 is 11.5 Å². The first-order chi connectivity index (χ1) is 6.59. The van der Waals surface area contributed by atoms with Gasteiger partial charge in [-0.3, -0.25) is 10.1 Å². The van der Waals surface area contributed by atoms with Crippen molar-refractivity contribution in [2.24, 2.45) is 0 Å². The molecule has 0 bridgehead atoms. The molecule has 0 saturated heterocycles. The van der Waals surface area contributed by atoms with Gasteiger partial charge in [-0.15, -0.1) is 0 Å². The van der Waals surface area contributed by atoms with E-state index in [4.69, 9.17) is 0 Å². The van der Waals surface area contributed by atoms with Gasteiger partial charge in [0.25, 0.3) is 5.69 Å². The van der Waals surface area contributed by atoms with E-state index < -0.39 is 4.92 Å².